The van der Waals surface area contributed by atoms with Crippen LogP contribution in [0.5, 0.6) is 0 Å². The first-order valence-electron chi connectivity index (χ1n) is 39.6. The number of rotatable bonds is 76. The van der Waals surface area contributed by atoms with Crippen molar-refractivity contribution >= 4 is 39.5 Å². The second kappa shape index (κ2) is 69.2. The Hall–Kier alpha value is -1.94. The van der Waals surface area contributed by atoms with Gasteiger partial charge in [0.2, 0.25) is 0 Å². The zero-order valence-corrected chi connectivity index (χ0v) is 63.6. The molecule has 0 spiro atoms. The first-order valence-corrected chi connectivity index (χ1v) is 42.6. The number of phosphoric ester groups is 2. The van der Waals surface area contributed by atoms with Gasteiger partial charge in [0.15, 0.2) is 12.2 Å². The molecule has 0 heterocycles. The number of esters is 4. The van der Waals surface area contributed by atoms with Crippen LogP contribution in [0.15, 0.2) is 0 Å². The van der Waals surface area contributed by atoms with Crippen molar-refractivity contribution in [2.75, 3.05) is 39.6 Å². The maximum Gasteiger partial charge on any atom is 0.472 e. The topological polar surface area (TPSA) is 237 Å². The van der Waals surface area contributed by atoms with Crippen molar-refractivity contribution in [3.05, 3.63) is 0 Å². The summed E-state index contributed by atoms with van der Waals surface area (Å²) in [5.74, 6) is -1.33. The van der Waals surface area contributed by atoms with E-state index < -0.39 is 97.5 Å². The van der Waals surface area contributed by atoms with Gasteiger partial charge in [-0.2, -0.15) is 0 Å². The summed E-state index contributed by atoms with van der Waals surface area (Å²) in [6.07, 6.45) is 58.0. The average Bonchev–Trinajstić information content (AvgIpc) is 1.74. The molecule has 3 N–H and O–H groups in total. The standard InChI is InChI=1S/C76H148O17P2/c1-6-9-12-15-18-21-24-27-28-30-35-40-45-50-55-60-74(79)87-66-72(93-76(81)62-57-52-47-42-37-32-31-33-38-43-48-53-58-69(4)5)68-91-95(84,85)89-64-70(77)63-88-94(82,83)90-67-71(65-86-73(78)59-54-49-44-39-34-26-23-20-17-14-11-8-3)92-75(80)61-56-51-46-41-36-29-25-22-19-16-13-10-7-2/h69-72,77H,6-68H2,1-5H3,(H,82,83)(H,84,85)/t70-,71+,72+/m0/s1. The van der Waals surface area contributed by atoms with Crippen LogP contribution >= 0.6 is 15.6 Å². The third-order valence-electron chi connectivity index (χ3n) is 17.8. The fourth-order valence-electron chi connectivity index (χ4n) is 11.7. The highest BCUT2D eigenvalue weighted by molar-refractivity contribution is 7.47. The van der Waals surface area contributed by atoms with Gasteiger partial charge in [0.05, 0.1) is 26.4 Å². The summed E-state index contributed by atoms with van der Waals surface area (Å²) in [6, 6.07) is 0. The van der Waals surface area contributed by atoms with Crippen molar-refractivity contribution in [1.29, 1.82) is 0 Å². The summed E-state index contributed by atoms with van der Waals surface area (Å²) >= 11 is 0. The maximum atomic E-state index is 13.1. The Morgan fingerprint density at radius 2 is 0.484 bits per heavy atom. The highest BCUT2D eigenvalue weighted by Crippen LogP contribution is 2.45. The van der Waals surface area contributed by atoms with Crippen molar-refractivity contribution < 1.29 is 80.2 Å². The SMILES string of the molecule is CCCCCCCCCCCCCCCCCC(=O)OC[C@H](COP(=O)(O)OC[C@@H](O)COP(=O)(O)OC[C@@H](COC(=O)CCCCCCCCCCCCCC)OC(=O)CCCCCCCCCCCCCCC)OC(=O)CCCCCCCCCCCCCCC(C)C. The number of ether oxygens (including phenoxy) is 4. The van der Waals surface area contributed by atoms with E-state index in [2.05, 4.69) is 34.6 Å². The number of carbonyl (C=O) groups is 4. The molecule has 0 aliphatic rings. The van der Waals surface area contributed by atoms with Gasteiger partial charge in [0, 0.05) is 25.7 Å². The van der Waals surface area contributed by atoms with Gasteiger partial charge >= 0.3 is 39.5 Å². The van der Waals surface area contributed by atoms with E-state index in [1.165, 1.54) is 225 Å². The molecule has 0 saturated heterocycles. The van der Waals surface area contributed by atoms with Crippen molar-refractivity contribution in [2.24, 2.45) is 5.92 Å². The fraction of sp³-hybridized carbons (Fsp3) is 0.947. The van der Waals surface area contributed by atoms with Crippen molar-refractivity contribution in [3.8, 4) is 0 Å². The largest absolute Gasteiger partial charge is 0.472 e. The lowest BCUT2D eigenvalue weighted by Gasteiger charge is -2.21. The van der Waals surface area contributed by atoms with Crippen LogP contribution < -0.4 is 0 Å². The lowest BCUT2D eigenvalue weighted by molar-refractivity contribution is -0.161. The Morgan fingerprint density at radius 3 is 0.716 bits per heavy atom. The Labute approximate surface area is 581 Å². The molecule has 17 nitrogen and oxygen atoms in total. The fourth-order valence-corrected chi connectivity index (χ4v) is 13.3. The summed E-state index contributed by atoms with van der Waals surface area (Å²) in [4.78, 5) is 72.8. The second-order valence-corrected chi connectivity index (χ2v) is 30.8. The molecule has 2 unspecified atom stereocenters. The zero-order chi connectivity index (χ0) is 69.8. The molecule has 95 heavy (non-hydrogen) atoms. The molecule has 0 aliphatic carbocycles. The minimum absolute atomic E-state index is 0.108. The van der Waals surface area contributed by atoms with Crippen molar-refractivity contribution in [1.82, 2.24) is 0 Å². The summed E-state index contributed by atoms with van der Waals surface area (Å²) in [6.45, 7) is 7.31. The summed E-state index contributed by atoms with van der Waals surface area (Å²) < 4.78 is 68.6. The summed E-state index contributed by atoms with van der Waals surface area (Å²) in [5, 5.41) is 10.6. The van der Waals surface area contributed by atoms with Crippen LogP contribution in [0.1, 0.15) is 401 Å². The molecule has 0 amide bonds. The number of hydrogen-bond acceptors (Lipinski definition) is 15. The van der Waals surface area contributed by atoms with E-state index in [0.717, 1.165) is 95.8 Å². The molecular formula is C76H148O17P2. The number of unbranched alkanes of at least 4 members (excludes halogenated alkanes) is 48. The van der Waals surface area contributed by atoms with Crippen LogP contribution in [0.3, 0.4) is 0 Å². The molecule has 0 radical (unpaired) electrons. The molecule has 19 heteroatoms. The number of aliphatic hydroxyl groups excluding tert-OH is 1. The molecule has 0 aromatic rings. The van der Waals surface area contributed by atoms with Gasteiger partial charge in [0.25, 0.3) is 0 Å². The van der Waals surface area contributed by atoms with E-state index in [9.17, 15) is 43.2 Å². The molecule has 0 aliphatic heterocycles. The Bertz CT molecular complexity index is 1820. The zero-order valence-electron chi connectivity index (χ0n) is 61.8. The number of hydrogen-bond donors (Lipinski definition) is 3. The summed E-state index contributed by atoms with van der Waals surface area (Å²) in [7, 11) is -9.91. The Kier molecular flexibility index (Phi) is 67.7. The Morgan fingerprint density at radius 1 is 0.284 bits per heavy atom. The van der Waals surface area contributed by atoms with E-state index in [1.807, 2.05) is 0 Å². The van der Waals surface area contributed by atoms with Crippen LogP contribution in [-0.4, -0.2) is 96.7 Å². The predicted octanol–water partition coefficient (Wildman–Crippen LogP) is 22.5. The van der Waals surface area contributed by atoms with E-state index in [1.54, 1.807) is 0 Å². The molecule has 0 bridgehead atoms. The van der Waals surface area contributed by atoms with Gasteiger partial charge in [-0.25, -0.2) is 9.13 Å². The molecule has 0 saturated carbocycles. The van der Waals surface area contributed by atoms with Gasteiger partial charge in [-0.15, -0.1) is 0 Å². The first-order chi connectivity index (χ1) is 46.0. The maximum absolute atomic E-state index is 13.1. The number of aliphatic hydroxyl groups is 1. The quantitative estimate of drug-likeness (QED) is 0.0222. The van der Waals surface area contributed by atoms with Crippen LogP contribution in [0, 0.1) is 5.92 Å². The number of phosphoric acid groups is 2. The molecular weight excluding hydrogens is 1250 g/mol. The highest BCUT2D eigenvalue weighted by Gasteiger charge is 2.30. The smallest absolute Gasteiger partial charge is 0.462 e. The minimum Gasteiger partial charge on any atom is -0.462 e. The van der Waals surface area contributed by atoms with Crippen LogP contribution in [0.4, 0.5) is 0 Å². The Balaban J connectivity index is 5.26. The minimum atomic E-state index is -4.96. The van der Waals surface area contributed by atoms with E-state index in [-0.39, 0.29) is 25.7 Å². The normalized spacial score (nSPS) is 13.9. The molecule has 0 aromatic heterocycles. The molecule has 0 rings (SSSR count). The van der Waals surface area contributed by atoms with Crippen molar-refractivity contribution in [3.63, 3.8) is 0 Å². The van der Waals surface area contributed by atoms with Crippen LogP contribution in [-0.2, 0) is 65.4 Å². The van der Waals surface area contributed by atoms with Gasteiger partial charge in [-0.05, 0) is 31.6 Å². The molecule has 564 valence electrons. The van der Waals surface area contributed by atoms with Gasteiger partial charge in [-0.3, -0.25) is 37.3 Å². The lowest BCUT2D eigenvalue weighted by atomic mass is 10.0. The van der Waals surface area contributed by atoms with Gasteiger partial charge in [0.1, 0.15) is 19.3 Å². The van der Waals surface area contributed by atoms with Gasteiger partial charge < -0.3 is 33.8 Å². The molecule has 0 aromatic carbocycles. The average molecular weight is 1400 g/mol. The van der Waals surface area contributed by atoms with Crippen molar-refractivity contribution in [2.45, 2.75) is 419 Å². The van der Waals surface area contributed by atoms with Gasteiger partial charge in [-0.1, -0.05) is 349 Å². The van der Waals surface area contributed by atoms with E-state index >= 15 is 0 Å². The monoisotopic (exact) mass is 1400 g/mol. The second-order valence-electron chi connectivity index (χ2n) is 27.9. The van der Waals surface area contributed by atoms with Crippen LogP contribution in [0.25, 0.3) is 0 Å². The first kappa shape index (κ1) is 93.1. The summed E-state index contributed by atoms with van der Waals surface area (Å²) in [5.41, 5.74) is 0. The van der Waals surface area contributed by atoms with E-state index in [0.29, 0.717) is 25.7 Å². The predicted molar refractivity (Wildman–Crippen MR) is 386 cm³/mol. The third-order valence-corrected chi connectivity index (χ3v) is 19.7. The third kappa shape index (κ3) is 70.3. The number of carbonyl (C=O) groups excluding carboxylic acids is 4. The lowest BCUT2D eigenvalue weighted by Crippen LogP contribution is -2.30. The van der Waals surface area contributed by atoms with Crippen LogP contribution in [0.2, 0.25) is 0 Å². The van der Waals surface area contributed by atoms with E-state index in [4.69, 9.17) is 37.0 Å². The molecule has 5 atom stereocenters. The highest BCUT2D eigenvalue weighted by atomic mass is 31.2. The molecule has 0 fully saturated rings.